The van der Waals surface area contributed by atoms with E-state index in [1.807, 2.05) is 6.07 Å². The van der Waals surface area contributed by atoms with Gasteiger partial charge in [0, 0.05) is 27.5 Å². The number of alkyl halides is 3. The van der Waals surface area contributed by atoms with Crippen molar-refractivity contribution in [2.24, 2.45) is 0 Å². The summed E-state index contributed by atoms with van der Waals surface area (Å²) in [6.07, 6.45) is -1.37. The molecule has 0 saturated carbocycles. The first-order valence-corrected chi connectivity index (χ1v) is 12.9. The Morgan fingerprint density at radius 1 is 1.16 bits per heavy atom. The fourth-order valence-electron chi connectivity index (χ4n) is 2.98. The van der Waals surface area contributed by atoms with Gasteiger partial charge in [0.2, 0.25) is 0 Å². The predicted octanol–water partition coefficient (Wildman–Crippen LogP) is 5.60. The third-order valence-corrected chi connectivity index (χ3v) is 6.46. The maximum absolute atomic E-state index is 13.4. The van der Waals surface area contributed by atoms with Gasteiger partial charge in [-0.1, -0.05) is 36.4 Å². The Kier molecular flexibility index (Phi) is 7.84. The number of hydrogen-bond donors (Lipinski definition) is 0. The van der Waals surface area contributed by atoms with E-state index in [1.165, 1.54) is 11.8 Å². The lowest BCUT2D eigenvalue weighted by Crippen LogP contribution is -2.16. The van der Waals surface area contributed by atoms with Gasteiger partial charge in [-0.15, -0.1) is 11.8 Å². The lowest BCUT2D eigenvalue weighted by atomic mass is 10.0. The predicted molar refractivity (Wildman–Crippen MR) is 123 cm³/mol. The van der Waals surface area contributed by atoms with Crippen molar-refractivity contribution >= 4 is 44.5 Å². The number of ether oxygens (including phenoxy) is 1. The summed E-state index contributed by atoms with van der Waals surface area (Å²) in [7, 11) is -1.14. The standard InChI is InChI=1S/C21H18BrF3N2O3S2/c1-31-12-30-17(28)11-27-19(18(22)20(26-27)21(23,24)25)14-8-6-13(7-9-14)15-4-3-5-16(10-15)32(2)29/h3-10H,11-12H2,1-2H3. The summed E-state index contributed by atoms with van der Waals surface area (Å²) < 4.78 is 57.8. The zero-order valence-corrected chi connectivity index (χ0v) is 20.2. The van der Waals surface area contributed by atoms with Crippen LogP contribution in [0.25, 0.3) is 22.4 Å². The van der Waals surface area contributed by atoms with Crippen LogP contribution in [0.2, 0.25) is 0 Å². The van der Waals surface area contributed by atoms with Gasteiger partial charge in [0.25, 0.3) is 0 Å². The Labute approximate surface area is 197 Å². The number of aromatic nitrogens is 2. The number of halogens is 4. The summed E-state index contributed by atoms with van der Waals surface area (Å²) in [5.41, 5.74) is 1.07. The molecule has 0 spiro atoms. The average molecular weight is 547 g/mol. The summed E-state index contributed by atoms with van der Waals surface area (Å²) >= 11 is 4.29. The molecular weight excluding hydrogens is 529 g/mol. The van der Waals surface area contributed by atoms with Gasteiger partial charge >= 0.3 is 12.1 Å². The number of esters is 1. The van der Waals surface area contributed by atoms with Gasteiger partial charge in [-0.3, -0.25) is 13.7 Å². The summed E-state index contributed by atoms with van der Waals surface area (Å²) in [5, 5.41) is 3.62. The smallest absolute Gasteiger partial charge is 0.436 e. The average Bonchev–Trinajstić information content (AvgIpc) is 3.08. The van der Waals surface area contributed by atoms with Crippen molar-refractivity contribution in [2.75, 3.05) is 18.5 Å². The van der Waals surface area contributed by atoms with E-state index in [-0.39, 0.29) is 16.1 Å². The van der Waals surface area contributed by atoms with Gasteiger partial charge in [0.1, 0.15) is 12.5 Å². The molecule has 1 atom stereocenters. The zero-order valence-electron chi connectivity index (χ0n) is 17.0. The van der Waals surface area contributed by atoms with Crippen LogP contribution in [-0.4, -0.2) is 38.4 Å². The molecule has 0 saturated heterocycles. The van der Waals surface area contributed by atoms with Crippen molar-refractivity contribution in [3.05, 3.63) is 58.7 Å². The molecule has 3 rings (SSSR count). The van der Waals surface area contributed by atoms with Crippen LogP contribution < -0.4 is 0 Å². The molecule has 3 aromatic rings. The van der Waals surface area contributed by atoms with Crippen LogP contribution in [0.15, 0.2) is 57.9 Å². The lowest BCUT2D eigenvalue weighted by molar-refractivity contribution is -0.145. The minimum Gasteiger partial charge on any atom is -0.453 e. The van der Waals surface area contributed by atoms with E-state index in [0.29, 0.717) is 10.5 Å². The molecule has 0 aliphatic heterocycles. The number of thioether (sulfide) groups is 1. The SMILES string of the molecule is CSCOC(=O)Cn1nc(C(F)(F)F)c(Br)c1-c1ccc(-c2cccc(S(C)=O)c2)cc1. The highest BCUT2D eigenvalue weighted by molar-refractivity contribution is 9.10. The van der Waals surface area contributed by atoms with Crippen LogP contribution in [0.4, 0.5) is 13.2 Å². The van der Waals surface area contributed by atoms with E-state index in [9.17, 15) is 22.2 Å². The fourth-order valence-corrected chi connectivity index (χ4v) is 4.53. The molecule has 2 aromatic carbocycles. The largest absolute Gasteiger partial charge is 0.453 e. The van der Waals surface area contributed by atoms with Gasteiger partial charge in [-0.2, -0.15) is 18.3 Å². The number of hydrogen-bond acceptors (Lipinski definition) is 5. The fraction of sp³-hybridized carbons (Fsp3) is 0.238. The molecule has 0 radical (unpaired) electrons. The van der Waals surface area contributed by atoms with Gasteiger partial charge in [-0.05, 0) is 45.4 Å². The third-order valence-electron chi connectivity index (χ3n) is 4.44. The molecule has 11 heteroatoms. The van der Waals surface area contributed by atoms with Crippen LogP contribution in [0, 0.1) is 0 Å². The van der Waals surface area contributed by atoms with E-state index in [1.54, 1.807) is 55.0 Å². The van der Waals surface area contributed by atoms with Crippen LogP contribution >= 0.6 is 27.7 Å². The van der Waals surface area contributed by atoms with Crippen molar-refractivity contribution in [3.63, 3.8) is 0 Å². The molecular formula is C21H18BrF3N2O3S2. The normalized spacial score (nSPS) is 12.6. The molecule has 0 fully saturated rings. The maximum Gasteiger partial charge on any atom is 0.436 e. The van der Waals surface area contributed by atoms with Crippen molar-refractivity contribution in [3.8, 4) is 22.4 Å². The number of rotatable bonds is 7. The van der Waals surface area contributed by atoms with Gasteiger partial charge < -0.3 is 4.74 Å². The van der Waals surface area contributed by atoms with Gasteiger partial charge in [0.15, 0.2) is 5.69 Å². The lowest BCUT2D eigenvalue weighted by Gasteiger charge is -2.10. The molecule has 0 bridgehead atoms. The Morgan fingerprint density at radius 2 is 1.81 bits per heavy atom. The van der Waals surface area contributed by atoms with Crippen LogP contribution in [0.1, 0.15) is 5.69 Å². The highest BCUT2D eigenvalue weighted by Gasteiger charge is 2.39. The van der Waals surface area contributed by atoms with Crippen molar-refractivity contribution in [1.29, 1.82) is 0 Å². The molecule has 170 valence electrons. The van der Waals surface area contributed by atoms with Gasteiger partial charge in [0.05, 0.1) is 10.2 Å². The highest BCUT2D eigenvalue weighted by Crippen LogP contribution is 2.40. The number of nitrogens with zero attached hydrogens (tertiary/aromatic N) is 2. The number of benzene rings is 2. The Bertz CT molecular complexity index is 1150. The summed E-state index contributed by atoms with van der Waals surface area (Å²) in [5.74, 6) is -0.593. The minimum atomic E-state index is -4.70. The first kappa shape index (κ1) is 24.5. The number of carbonyl (C=O) groups is 1. The van der Waals surface area contributed by atoms with Crippen molar-refractivity contribution in [2.45, 2.75) is 17.6 Å². The second kappa shape index (κ2) is 10.2. The maximum atomic E-state index is 13.4. The van der Waals surface area contributed by atoms with Crippen molar-refractivity contribution < 1.29 is 26.9 Å². The van der Waals surface area contributed by atoms with E-state index < -0.39 is 35.2 Å². The van der Waals surface area contributed by atoms with E-state index in [4.69, 9.17) is 4.74 Å². The first-order valence-electron chi connectivity index (χ1n) is 9.14. The van der Waals surface area contributed by atoms with Gasteiger partial charge in [-0.25, -0.2) is 0 Å². The Hall–Kier alpha value is -2.11. The molecule has 1 aromatic heterocycles. The molecule has 0 aliphatic rings. The molecule has 0 aliphatic carbocycles. The summed E-state index contributed by atoms with van der Waals surface area (Å²) in [6.45, 7) is -0.462. The third kappa shape index (κ3) is 5.62. The Morgan fingerprint density at radius 3 is 2.41 bits per heavy atom. The number of carbonyl (C=O) groups excluding carboxylic acids is 1. The van der Waals surface area contributed by atoms with E-state index >= 15 is 0 Å². The van der Waals surface area contributed by atoms with Crippen LogP contribution in [-0.2, 0) is 33.1 Å². The van der Waals surface area contributed by atoms with Crippen molar-refractivity contribution in [1.82, 2.24) is 9.78 Å². The second-order valence-electron chi connectivity index (χ2n) is 6.65. The Balaban J connectivity index is 2.00. The first-order chi connectivity index (χ1) is 15.1. The highest BCUT2D eigenvalue weighted by atomic mass is 79.9. The van der Waals surface area contributed by atoms with Crippen LogP contribution in [0.5, 0.6) is 0 Å². The molecule has 1 unspecified atom stereocenters. The summed E-state index contributed by atoms with van der Waals surface area (Å²) in [4.78, 5) is 12.7. The molecule has 0 amide bonds. The van der Waals surface area contributed by atoms with E-state index in [2.05, 4.69) is 21.0 Å². The monoisotopic (exact) mass is 546 g/mol. The molecule has 5 nitrogen and oxygen atoms in total. The second-order valence-corrected chi connectivity index (χ2v) is 9.63. The van der Waals surface area contributed by atoms with E-state index in [0.717, 1.165) is 15.8 Å². The topological polar surface area (TPSA) is 61.2 Å². The minimum absolute atomic E-state index is 0.0963. The summed E-state index contributed by atoms with van der Waals surface area (Å²) in [6, 6.07) is 14.0. The molecule has 32 heavy (non-hydrogen) atoms. The quantitative estimate of drug-likeness (QED) is 0.285. The molecule has 0 N–H and O–H groups in total. The zero-order chi connectivity index (χ0) is 23.5. The van der Waals surface area contributed by atoms with Crippen LogP contribution in [0.3, 0.4) is 0 Å². The molecule has 1 heterocycles.